The molecular formula is C20H20F3N5O3. The Morgan fingerprint density at radius 2 is 1.97 bits per heavy atom. The molecule has 0 amide bonds. The Balaban J connectivity index is 1.59. The highest BCUT2D eigenvalue weighted by atomic mass is 19.4. The van der Waals surface area contributed by atoms with Gasteiger partial charge in [0.2, 0.25) is 5.95 Å². The van der Waals surface area contributed by atoms with Crippen LogP contribution in [0.4, 0.5) is 24.8 Å². The van der Waals surface area contributed by atoms with Crippen molar-refractivity contribution < 1.29 is 22.6 Å². The lowest BCUT2D eigenvalue weighted by Crippen LogP contribution is -2.30. The van der Waals surface area contributed by atoms with Crippen LogP contribution in [0.5, 0.6) is 5.75 Å². The average molecular weight is 435 g/mol. The first-order valence-corrected chi connectivity index (χ1v) is 9.98. The van der Waals surface area contributed by atoms with E-state index in [0.717, 1.165) is 6.07 Å². The van der Waals surface area contributed by atoms with Gasteiger partial charge in [-0.2, -0.15) is 18.2 Å². The first kappa shape index (κ1) is 19.9. The molecule has 164 valence electrons. The van der Waals surface area contributed by atoms with Crippen molar-refractivity contribution >= 4 is 22.8 Å². The fourth-order valence-corrected chi connectivity index (χ4v) is 4.15. The summed E-state index contributed by atoms with van der Waals surface area (Å²) in [5, 5.41) is 2.71. The molecule has 3 aromatic rings. The van der Waals surface area contributed by atoms with E-state index in [-0.39, 0.29) is 29.1 Å². The first-order valence-electron chi connectivity index (χ1n) is 9.98. The van der Waals surface area contributed by atoms with Gasteiger partial charge in [-0.1, -0.05) is 0 Å². The van der Waals surface area contributed by atoms with Crippen LogP contribution in [0.2, 0.25) is 0 Å². The normalized spacial score (nSPS) is 17.0. The molecule has 0 aliphatic carbocycles. The number of benzene rings is 1. The number of fused-ring (bicyclic) bond motifs is 2. The second-order valence-electron chi connectivity index (χ2n) is 7.68. The van der Waals surface area contributed by atoms with E-state index in [0.29, 0.717) is 55.8 Å². The molecule has 1 saturated heterocycles. The van der Waals surface area contributed by atoms with Gasteiger partial charge in [0.15, 0.2) is 5.65 Å². The minimum Gasteiger partial charge on any atom is -0.493 e. The monoisotopic (exact) mass is 435 g/mol. The van der Waals surface area contributed by atoms with Crippen LogP contribution in [0, 0.1) is 0 Å². The largest absolute Gasteiger partial charge is 0.493 e. The Hall–Kier alpha value is -3.08. The number of nitrogens with zero attached hydrogens (tertiary/aromatic N) is 4. The lowest BCUT2D eigenvalue weighted by molar-refractivity contribution is -0.137. The summed E-state index contributed by atoms with van der Waals surface area (Å²) in [5.41, 5.74) is 0.350. The van der Waals surface area contributed by atoms with Crippen molar-refractivity contribution in [1.82, 2.24) is 19.1 Å². The SMILES string of the molecule is Cn1c(=O)n(C2CCOCC2)c2nc(Nc3cc4c(cc3C(F)(F)F)OCC4)ncc21. The molecule has 0 saturated carbocycles. The van der Waals surface area contributed by atoms with Crippen LogP contribution in [0.1, 0.15) is 30.0 Å². The van der Waals surface area contributed by atoms with Crippen molar-refractivity contribution in [3.05, 3.63) is 39.9 Å². The molecule has 31 heavy (non-hydrogen) atoms. The highest BCUT2D eigenvalue weighted by molar-refractivity contribution is 5.73. The predicted octanol–water partition coefficient (Wildman–Crippen LogP) is 3.18. The summed E-state index contributed by atoms with van der Waals surface area (Å²) < 4.78 is 54.6. The molecule has 1 fully saturated rings. The van der Waals surface area contributed by atoms with Crippen LogP contribution in [0.25, 0.3) is 11.2 Å². The summed E-state index contributed by atoms with van der Waals surface area (Å²) >= 11 is 0. The molecule has 0 atom stereocenters. The van der Waals surface area contributed by atoms with Crippen LogP contribution in [-0.2, 0) is 24.4 Å². The van der Waals surface area contributed by atoms with E-state index in [4.69, 9.17) is 9.47 Å². The summed E-state index contributed by atoms with van der Waals surface area (Å²) in [6.07, 6.45) is -1.27. The molecule has 5 rings (SSSR count). The summed E-state index contributed by atoms with van der Waals surface area (Å²) in [5.74, 6) is 0.230. The van der Waals surface area contributed by atoms with E-state index < -0.39 is 11.7 Å². The summed E-state index contributed by atoms with van der Waals surface area (Å²) in [4.78, 5) is 21.4. The van der Waals surface area contributed by atoms with Gasteiger partial charge in [0.1, 0.15) is 11.3 Å². The average Bonchev–Trinajstić information content (AvgIpc) is 3.29. The van der Waals surface area contributed by atoms with E-state index in [1.54, 1.807) is 11.6 Å². The Morgan fingerprint density at radius 1 is 1.19 bits per heavy atom. The second kappa shape index (κ2) is 7.26. The maximum absolute atomic E-state index is 13.6. The van der Waals surface area contributed by atoms with E-state index in [1.165, 1.54) is 16.8 Å². The molecule has 2 aliphatic heterocycles. The Labute approximate surface area is 174 Å². The molecule has 0 spiro atoms. The predicted molar refractivity (Wildman–Crippen MR) is 106 cm³/mol. The van der Waals surface area contributed by atoms with Gasteiger partial charge in [-0.25, -0.2) is 9.78 Å². The van der Waals surface area contributed by atoms with Crippen molar-refractivity contribution in [2.75, 3.05) is 25.1 Å². The Kier molecular flexibility index (Phi) is 4.65. The van der Waals surface area contributed by atoms with E-state index in [1.807, 2.05) is 0 Å². The van der Waals surface area contributed by atoms with Gasteiger partial charge in [0.25, 0.3) is 0 Å². The minimum absolute atomic E-state index is 0.0109. The molecule has 2 aromatic heterocycles. The maximum Gasteiger partial charge on any atom is 0.418 e. The maximum atomic E-state index is 13.6. The zero-order chi connectivity index (χ0) is 21.8. The number of alkyl halides is 3. The second-order valence-corrected chi connectivity index (χ2v) is 7.68. The smallest absolute Gasteiger partial charge is 0.418 e. The third-order valence-corrected chi connectivity index (χ3v) is 5.77. The van der Waals surface area contributed by atoms with Crippen molar-refractivity contribution in [3.63, 3.8) is 0 Å². The molecule has 11 heteroatoms. The summed E-state index contributed by atoms with van der Waals surface area (Å²) in [6.45, 7) is 1.42. The number of rotatable bonds is 3. The minimum atomic E-state index is -4.58. The lowest BCUT2D eigenvalue weighted by Gasteiger charge is -2.23. The van der Waals surface area contributed by atoms with Gasteiger partial charge < -0.3 is 14.8 Å². The highest BCUT2D eigenvalue weighted by Gasteiger charge is 2.36. The van der Waals surface area contributed by atoms with Gasteiger partial charge in [0.05, 0.1) is 24.1 Å². The Bertz CT molecular complexity index is 1210. The molecule has 0 radical (unpaired) electrons. The first-order chi connectivity index (χ1) is 14.8. The molecule has 1 N–H and O–H groups in total. The van der Waals surface area contributed by atoms with Crippen molar-refractivity contribution in [2.45, 2.75) is 31.5 Å². The van der Waals surface area contributed by atoms with Crippen molar-refractivity contribution in [3.8, 4) is 5.75 Å². The van der Waals surface area contributed by atoms with E-state index in [2.05, 4.69) is 15.3 Å². The molecule has 1 aromatic carbocycles. The van der Waals surface area contributed by atoms with Gasteiger partial charge >= 0.3 is 11.9 Å². The number of halogens is 3. The number of aromatic nitrogens is 4. The summed E-state index contributed by atoms with van der Waals surface area (Å²) in [6, 6.07) is 2.34. The van der Waals surface area contributed by atoms with Crippen LogP contribution in [0.15, 0.2) is 23.1 Å². The zero-order valence-electron chi connectivity index (χ0n) is 16.7. The standard InChI is InChI=1S/C20H20F3N5O3/c1-27-15-10-24-18(26-17(15)28(19(27)29)12-3-5-30-6-4-12)25-14-8-11-2-7-31-16(11)9-13(14)20(21,22)23/h8-10,12H,2-7H2,1H3,(H,24,25,26). The van der Waals surface area contributed by atoms with Gasteiger partial charge in [0, 0.05) is 32.7 Å². The third-order valence-electron chi connectivity index (χ3n) is 5.77. The number of hydrogen-bond acceptors (Lipinski definition) is 6. The summed E-state index contributed by atoms with van der Waals surface area (Å²) in [7, 11) is 1.62. The quantitative estimate of drug-likeness (QED) is 0.681. The number of ether oxygens (including phenoxy) is 2. The lowest BCUT2D eigenvalue weighted by atomic mass is 10.1. The highest BCUT2D eigenvalue weighted by Crippen LogP contribution is 2.41. The number of aryl methyl sites for hydroxylation is 1. The molecule has 0 bridgehead atoms. The van der Waals surface area contributed by atoms with E-state index >= 15 is 0 Å². The molecule has 8 nitrogen and oxygen atoms in total. The van der Waals surface area contributed by atoms with Gasteiger partial charge in [-0.15, -0.1) is 0 Å². The van der Waals surface area contributed by atoms with Crippen molar-refractivity contribution in [2.24, 2.45) is 7.05 Å². The number of hydrogen-bond donors (Lipinski definition) is 1. The number of anilines is 2. The number of imidazole rings is 1. The topological polar surface area (TPSA) is 83.2 Å². The Morgan fingerprint density at radius 3 is 2.71 bits per heavy atom. The van der Waals surface area contributed by atoms with Gasteiger partial charge in [-0.3, -0.25) is 9.13 Å². The van der Waals surface area contributed by atoms with Gasteiger partial charge in [-0.05, 0) is 30.5 Å². The van der Waals surface area contributed by atoms with E-state index in [9.17, 15) is 18.0 Å². The fourth-order valence-electron chi connectivity index (χ4n) is 4.15. The molecular weight excluding hydrogens is 415 g/mol. The number of nitrogens with one attached hydrogen (secondary N) is 1. The van der Waals surface area contributed by atoms with Crippen LogP contribution < -0.4 is 15.7 Å². The third kappa shape index (κ3) is 3.42. The molecule has 4 heterocycles. The van der Waals surface area contributed by atoms with Crippen molar-refractivity contribution in [1.29, 1.82) is 0 Å². The van der Waals surface area contributed by atoms with Crippen LogP contribution in [0.3, 0.4) is 0 Å². The zero-order valence-corrected chi connectivity index (χ0v) is 16.7. The van der Waals surface area contributed by atoms with Crippen LogP contribution >= 0.6 is 0 Å². The van der Waals surface area contributed by atoms with Crippen LogP contribution in [-0.4, -0.2) is 38.9 Å². The fraction of sp³-hybridized carbons (Fsp3) is 0.450. The molecule has 2 aliphatic rings. The molecule has 0 unspecified atom stereocenters.